The molecule has 1 rings (SSSR count). The summed E-state index contributed by atoms with van der Waals surface area (Å²) in [5.41, 5.74) is 1.44. The van der Waals surface area contributed by atoms with Crippen molar-refractivity contribution in [2.45, 2.75) is 46.3 Å². The van der Waals surface area contributed by atoms with Gasteiger partial charge in [-0.3, -0.25) is 4.98 Å². The van der Waals surface area contributed by atoms with E-state index in [0.29, 0.717) is 0 Å². The molecule has 0 aliphatic carbocycles. The van der Waals surface area contributed by atoms with Crippen LogP contribution in [-0.4, -0.2) is 16.7 Å². The van der Waals surface area contributed by atoms with Crippen LogP contribution in [0.2, 0.25) is 0 Å². The third-order valence-electron chi connectivity index (χ3n) is 2.17. The molecule has 1 unspecified atom stereocenters. The fraction of sp³-hybridized carbons (Fsp3) is 0.538. The molecule has 0 spiro atoms. The predicted molar refractivity (Wildman–Crippen MR) is 66.8 cm³/mol. The molecule has 0 saturated heterocycles. The molecular weight excluding hydrogens is 216 g/mol. The molecule has 0 aliphatic heterocycles. The molecular formula is C13H20N2O2. The van der Waals surface area contributed by atoms with Crippen molar-refractivity contribution in [2.24, 2.45) is 0 Å². The lowest BCUT2D eigenvalue weighted by Crippen LogP contribution is -2.34. The van der Waals surface area contributed by atoms with E-state index >= 15 is 0 Å². The monoisotopic (exact) mass is 236 g/mol. The third-order valence-corrected chi connectivity index (χ3v) is 2.17. The molecule has 1 heterocycles. The zero-order chi connectivity index (χ0) is 13.1. The Morgan fingerprint density at radius 2 is 2.06 bits per heavy atom. The molecule has 0 radical (unpaired) electrons. The number of carbonyl (C=O) groups is 1. The Balaban J connectivity index is 2.57. The maximum absolute atomic E-state index is 11.6. The zero-order valence-electron chi connectivity index (χ0n) is 11.1. The van der Waals surface area contributed by atoms with Gasteiger partial charge in [0, 0.05) is 11.9 Å². The van der Waals surface area contributed by atoms with E-state index < -0.39 is 11.7 Å². The molecule has 4 nitrogen and oxygen atoms in total. The van der Waals surface area contributed by atoms with Crippen molar-refractivity contribution in [1.29, 1.82) is 0 Å². The van der Waals surface area contributed by atoms with Crippen LogP contribution >= 0.6 is 0 Å². The van der Waals surface area contributed by atoms with Crippen LogP contribution in [0.5, 0.6) is 0 Å². The standard InChI is InChI=1S/C13H20N2O2/c1-9-6-7-11(8-14-9)10(2)15-12(16)17-13(3,4)5/h6-8,10H,1-5H3,(H,15,16). The number of hydrogen-bond acceptors (Lipinski definition) is 3. The molecule has 0 aliphatic rings. The highest BCUT2D eigenvalue weighted by Gasteiger charge is 2.18. The number of amides is 1. The molecule has 0 aromatic carbocycles. The molecule has 17 heavy (non-hydrogen) atoms. The van der Waals surface area contributed by atoms with Gasteiger partial charge in [0.2, 0.25) is 0 Å². The van der Waals surface area contributed by atoms with Gasteiger partial charge in [0.15, 0.2) is 0 Å². The molecule has 1 aromatic rings. The van der Waals surface area contributed by atoms with Gasteiger partial charge < -0.3 is 10.1 Å². The largest absolute Gasteiger partial charge is 0.444 e. The first-order valence-corrected chi connectivity index (χ1v) is 5.70. The fourth-order valence-electron chi connectivity index (χ4n) is 1.30. The van der Waals surface area contributed by atoms with Gasteiger partial charge in [-0.05, 0) is 46.2 Å². The Hall–Kier alpha value is -1.58. The lowest BCUT2D eigenvalue weighted by molar-refractivity contribution is 0.0508. The smallest absolute Gasteiger partial charge is 0.408 e. The van der Waals surface area contributed by atoms with Gasteiger partial charge in [-0.15, -0.1) is 0 Å². The topological polar surface area (TPSA) is 51.2 Å². The lowest BCUT2D eigenvalue weighted by atomic mass is 10.1. The zero-order valence-corrected chi connectivity index (χ0v) is 11.1. The molecule has 0 fully saturated rings. The molecule has 1 aromatic heterocycles. The van der Waals surface area contributed by atoms with E-state index in [1.807, 2.05) is 46.8 Å². The van der Waals surface area contributed by atoms with Crippen molar-refractivity contribution in [3.05, 3.63) is 29.6 Å². The van der Waals surface area contributed by atoms with Crippen LogP contribution in [0, 0.1) is 6.92 Å². The summed E-state index contributed by atoms with van der Waals surface area (Å²) in [6.07, 6.45) is 1.35. The number of carbonyl (C=O) groups excluding carboxylic acids is 1. The van der Waals surface area contributed by atoms with E-state index in [9.17, 15) is 4.79 Å². The summed E-state index contributed by atoms with van der Waals surface area (Å²) < 4.78 is 5.18. The highest BCUT2D eigenvalue weighted by atomic mass is 16.6. The van der Waals surface area contributed by atoms with Gasteiger partial charge in [-0.2, -0.15) is 0 Å². The number of alkyl carbamates (subject to hydrolysis) is 1. The normalized spacial score (nSPS) is 13.0. The first-order chi connectivity index (χ1) is 7.78. The minimum absolute atomic E-state index is 0.113. The summed E-state index contributed by atoms with van der Waals surface area (Å²) in [6.45, 7) is 9.34. The van der Waals surface area contributed by atoms with E-state index in [4.69, 9.17) is 4.74 Å². The number of aromatic nitrogens is 1. The number of pyridine rings is 1. The highest BCUT2D eigenvalue weighted by molar-refractivity contribution is 5.68. The highest BCUT2D eigenvalue weighted by Crippen LogP contribution is 2.13. The van der Waals surface area contributed by atoms with Gasteiger partial charge in [0.05, 0.1) is 6.04 Å². The maximum Gasteiger partial charge on any atom is 0.408 e. The molecule has 94 valence electrons. The summed E-state index contributed by atoms with van der Waals surface area (Å²) in [5.74, 6) is 0. The molecule has 4 heteroatoms. The van der Waals surface area contributed by atoms with Gasteiger partial charge in [0.1, 0.15) is 5.60 Å². The quantitative estimate of drug-likeness (QED) is 0.858. The first kappa shape index (κ1) is 13.5. The Bertz CT molecular complexity index is 379. The Morgan fingerprint density at radius 1 is 1.41 bits per heavy atom. The molecule has 0 bridgehead atoms. The van der Waals surface area contributed by atoms with Crippen molar-refractivity contribution in [2.75, 3.05) is 0 Å². The van der Waals surface area contributed by atoms with Crippen LogP contribution < -0.4 is 5.32 Å². The number of hydrogen-bond donors (Lipinski definition) is 1. The van der Waals surface area contributed by atoms with Gasteiger partial charge in [-0.25, -0.2) is 4.79 Å². The summed E-state index contributed by atoms with van der Waals surface area (Å²) in [5, 5.41) is 2.77. The van der Waals surface area contributed by atoms with Crippen molar-refractivity contribution < 1.29 is 9.53 Å². The summed E-state index contributed by atoms with van der Waals surface area (Å²) >= 11 is 0. The minimum atomic E-state index is -0.477. The summed E-state index contributed by atoms with van der Waals surface area (Å²) in [7, 11) is 0. The molecule has 1 N–H and O–H groups in total. The second kappa shape index (κ2) is 5.17. The Labute approximate surface area is 102 Å². The van der Waals surface area contributed by atoms with E-state index in [2.05, 4.69) is 10.3 Å². The van der Waals surface area contributed by atoms with Crippen LogP contribution in [0.25, 0.3) is 0 Å². The molecule has 1 amide bonds. The number of rotatable bonds is 2. The van der Waals surface area contributed by atoms with Crippen LogP contribution in [0.3, 0.4) is 0 Å². The lowest BCUT2D eigenvalue weighted by Gasteiger charge is -2.22. The van der Waals surface area contributed by atoms with Crippen LogP contribution in [0.1, 0.15) is 45.0 Å². The average Bonchev–Trinajstić information content (AvgIpc) is 2.15. The summed E-state index contributed by atoms with van der Waals surface area (Å²) in [4.78, 5) is 15.7. The minimum Gasteiger partial charge on any atom is -0.444 e. The second-order valence-corrected chi connectivity index (χ2v) is 5.10. The number of nitrogens with zero attached hydrogens (tertiary/aromatic N) is 1. The van der Waals surface area contributed by atoms with Crippen molar-refractivity contribution >= 4 is 6.09 Å². The SMILES string of the molecule is Cc1ccc(C(C)NC(=O)OC(C)(C)C)cn1. The van der Waals surface area contributed by atoms with Gasteiger partial charge in [-0.1, -0.05) is 6.07 Å². The number of nitrogens with one attached hydrogen (secondary N) is 1. The number of ether oxygens (including phenoxy) is 1. The van der Waals surface area contributed by atoms with Crippen LogP contribution in [0.4, 0.5) is 4.79 Å². The predicted octanol–water partition coefficient (Wildman–Crippen LogP) is 2.98. The van der Waals surface area contributed by atoms with E-state index in [1.54, 1.807) is 6.20 Å². The van der Waals surface area contributed by atoms with Gasteiger partial charge in [0.25, 0.3) is 0 Å². The van der Waals surface area contributed by atoms with Crippen molar-refractivity contribution in [3.63, 3.8) is 0 Å². The third kappa shape index (κ3) is 4.85. The van der Waals surface area contributed by atoms with E-state index in [-0.39, 0.29) is 6.04 Å². The van der Waals surface area contributed by atoms with E-state index in [0.717, 1.165) is 11.3 Å². The molecule has 1 atom stereocenters. The molecule has 0 saturated carbocycles. The van der Waals surface area contributed by atoms with Crippen LogP contribution in [-0.2, 0) is 4.74 Å². The average molecular weight is 236 g/mol. The van der Waals surface area contributed by atoms with E-state index in [1.165, 1.54) is 0 Å². The Morgan fingerprint density at radius 3 is 2.53 bits per heavy atom. The Kier molecular flexibility index (Phi) is 4.10. The maximum atomic E-state index is 11.6. The van der Waals surface area contributed by atoms with Gasteiger partial charge >= 0.3 is 6.09 Å². The number of aryl methyl sites for hydroxylation is 1. The van der Waals surface area contributed by atoms with Crippen molar-refractivity contribution in [3.8, 4) is 0 Å². The fourth-order valence-corrected chi connectivity index (χ4v) is 1.30. The van der Waals surface area contributed by atoms with Crippen LogP contribution in [0.15, 0.2) is 18.3 Å². The summed E-state index contributed by atoms with van der Waals surface area (Å²) in [6, 6.07) is 3.76. The first-order valence-electron chi connectivity index (χ1n) is 5.70. The second-order valence-electron chi connectivity index (χ2n) is 5.10. The van der Waals surface area contributed by atoms with Crippen molar-refractivity contribution in [1.82, 2.24) is 10.3 Å².